The first-order valence-corrected chi connectivity index (χ1v) is 4.75. The van der Waals surface area contributed by atoms with Crippen molar-refractivity contribution in [2.75, 3.05) is 26.7 Å². The van der Waals surface area contributed by atoms with Gasteiger partial charge in [0.15, 0.2) is 0 Å². The van der Waals surface area contributed by atoms with Gasteiger partial charge in [-0.25, -0.2) is 0 Å². The van der Waals surface area contributed by atoms with Crippen molar-refractivity contribution in [2.45, 2.75) is 19.4 Å². The molecule has 0 bridgehead atoms. The van der Waals surface area contributed by atoms with Crippen LogP contribution in [0, 0.1) is 5.92 Å². The Morgan fingerprint density at radius 1 is 1.77 bits per heavy atom. The van der Waals surface area contributed by atoms with Gasteiger partial charge in [0, 0.05) is 20.2 Å². The zero-order valence-electron chi connectivity index (χ0n) is 8.29. The van der Waals surface area contributed by atoms with E-state index in [0.29, 0.717) is 5.92 Å². The SMILES string of the molecule is CNC(=O)C(C)N1CCC(CO)C1. The zero-order chi connectivity index (χ0) is 9.84. The van der Waals surface area contributed by atoms with E-state index in [4.69, 9.17) is 5.11 Å². The molecule has 1 heterocycles. The lowest BCUT2D eigenvalue weighted by atomic mass is 10.1. The van der Waals surface area contributed by atoms with Gasteiger partial charge in [-0.1, -0.05) is 0 Å². The highest BCUT2D eigenvalue weighted by molar-refractivity contribution is 5.80. The monoisotopic (exact) mass is 186 g/mol. The highest BCUT2D eigenvalue weighted by Gasteiger charge is 2.28. The number of nitrogens with zero attached hydrogens (tertiary/aromatic N) is 1. The molecular weight excluding hydrogens is 168 g/mol. The van der Waals surface area contributed by atoms with Gasteiger partial charge in [-0.15, -0.1) is 0 Å². The molecule has 4 heteroatoms. The fourth-order valence-corrected chi connectivity index (χ4v) is 1.74. The Balaban J connectivity index is 2.41. The first-order chi connectivity index (χ1) is 6.19. The molecule has 0 aromatic carbocycles. The first kappa shape index (κ1) is 10.5. The Hall–Kier alpha value is -0.610. The van der Waals surface area contributed by atoms with E-state index in [2.05, 4.69) is 10.2 Å². The van der Waals surface area contributed by atoms with E-state index in [1.54, 1.807) is 7.05 Å². The summed E-state index contributed by atoms with van der Waals surface area (Å²) in [7, 11) is 1.65. The molecule has 0 aromatic heterocycles. The van der Waals surface area contributed by atoms with Gasteiger partial charge in [-0.05, 0) is 25.8 Å². The summed E-state index contributed by atoms with van der Waals surface area (Å²) in [5.74, 6) is 0.408. The Bertz CT molecular complexity index is 184. The maximum atomic E-state index is 11.3. The predicted molar refractivity (Wildman–Crippen MR) is 50.3 cm³/mol. The number of aliphatic hydroxyl groups is 1. The Labute approximate surface area is 78.9 Å². The van der Waals surface area contributed by atoms with Crippen molar-refractivity contribution in [3.8, 4) is 0 Å². The van der Waals surface area contributed by atoms with Crippen LogP contribution in [0.3, 0.4) is 0 Å². The van der Waals surface area contributed by atoms with Crippen LogP contribution in [0.25, 0.3) is 0 Å². The number of aliphatic hydroxyl groups excluding tert-OH is 1. The van der Waals surface area contributed by atoms with Gasteiger partial charge in [0.2, 0.25) is 5.91 Å². The Morgan fingerprint density at radius 3 is 2.92 bits per heavy atom. The smallest absolute Gasteiger partial charge is 0.236 e. The van der Waals surface area contributed by atoms with Crippen LogP contribution in [0.2, 0.25) is 0 Å². The van der Waals surface area contributed by atoms with E-state index >= 15 is 0 Å². The lowest BCUT2D eigenvalue weighted by molar-refractivity contribution is -0.125. The summed E-state index contributed by atoms with van der Waals surface area (Å²) in [6.45, 7) is 3.89. The number of hydrogen-bond donors (Lipinski definition) is 2. The van der Waals surface area contributed by atoms with Gasteiger partial charge in [0.25, 0.3) is 0 Å². The van der Waals surface area contributed by atoms with Crippen molar-refractivity contribution in [1.82, 2.24) is 10.2 Å². The fraction of sp³-hybridized carbons (Fsp3) is 0.889. The molecule has 0 aliphatic carbocycles. The number of amides is 1. The molecule has 0 aromatic rings. The molecule has 0 radical (unpaired) electrons. The van der Waals surface area contributed by atoms with Crippen LogP contribution in [0.15, 0.2) is 0 Å². The second kappa shape index (κ2) is 4.58. The summed E-state index contributed by atoms with van der Waals surface area (Å²) in [5.41, 5.74) is 0. The van der Waals surface area contributed by atoms with Crippen LogP contribution in [0.1, 0.15) is 13.3 Å². The summed E-state index contributed by atoms with van der Waals surface area (Å²) in [4.78, 5) is 13.4. The molecule has 1 amide bonds. The van der Waals surface area contributed by atoms with Gasteiger partial charge in [0.05, 0.1) is 6.04 Å². The third kappa shape index (κ3) is 2.42. The topological polar surface area (TPSA) is 52.6 Å². The van der Waals surface area contributed by atoms with Crippen molar-refractivity contribution in [3.05, 3.63) is 0 Å². The molecule has 1 aliphatic rings. The van der Waals surface area contributed by atoms with Gasteiger partial charge >= 0.3 is 0 Å². The van der Waals surface area contributed by atoms with E-state index in [9.17, 15) is 4.79 Å². The Morgan fingerprint density at radius 2 is 2.46 bits per heavy atom. The van der Waals surface area contributed by atoms with Crippen LogP contribution in [-0.4, -0.2) is 48.7 Å². The number of carbonyl (C=O) groups excluding carboxylic acids is 1. The fourth-order valence-electron chi connectivity index (χ4n) is 1.74. The first-order valence-electron chi connectivity index (χ1n) is 4.75. The van der Waals surface area contributed by atoms with Crippen molar-refractivity contribution in [3.63, 3.8) is 0 Å². The van der Waals surface area contributed by atoms with Crippen LogP contribution < -0.4 is 5.32 Å². The van der Waals surface area contributed by atoms with Crippen molar-refractivity contribution < 1.29 is 9.90 Å². The number of carbonyl (C=O) groups is 1. The van der Waals surface area contributed by atoms with Crippen LogP contribution in [0.5, 0.6) is 0 Å². The zero-order valence-corrected chi connectivity index (χ0v) is 8.29. The molecule has 1 aliphatic heterocycles. The third-order valence-corrected chi connectivity index (χ3v) is 2.75. The predicted octanol–water partition coefficient (Wildman–Crippen LogP) is -0.565. The average Bonchev–Trinajstić information content (AvgIpc) is 2.63. The van der Waals surface area contributed by atoms with Crippen LogP contribution >= 0.6 is 0 Å². The maximum Gasteiger partial charge on any atom is 0.236 e. The molecule has 4 nitrogen and oxygen atoms in total. The van der Waals surface area contributed by atoms with Crippen molar-refractivity contribution in [1.29, 1.82) is 0 Å². The Kier molecular flexibility index (Phi) is 3.69. The maximum absolute atomic E-state index is 11.3. The summed E-state index contributed by atoms with van der Waals surface area (Å²) in [6, 6.07) is -0.0680. The number of likely N-dealkylation sites (tertiary alicyclic amines) is 1. The molecule has 1 saturated heterocycles. The minimum absolute atomic E-state index is 0.0542. The lowest BCUT2D eigenvalue weighted by Gasteiger charge is -2.22. The average molecular weight is 186 g/mol. The highest BCUT2D eigenvalue weighted by atomic mass is 16.3. The van der Waals surface area contributed by atoms with Crippen molar-refractivity contribution in [2.24, 2.45) is 5.92 Å². The minimum Gasteiger partial charge on any atom is -0.396 e. The van der Waals surface area contributed by atoms with E-state index in [1.165, 1.54) is 0 Å². The third-order valence-electron chi connectivity index (χ3n) is 2.75. The van der Waals surface area contributed by atoms with Gasteiger partial charge < -0.3 is 10.4 Å². The van der Waals surface area contributed by atoms with E-state index in [0.717, 1.165) is 19.5 Å². The molecule has 1 fully saturated rings. The molecule has 76 valence electrons. The molecule has 0 saturated carbocycles. The van der Waals surface area contributed by atoms with E-state index in [-0.39, 0.29) is 18.6 Å². The second-order valence-corrected chi connectivity index (χ2v) is 3.62. The number of hydrogen-bond acceptors (Lipinski definition) is 3. The van der Waals surface area contributed by atoms with E-state index < -0.39 is 0 Å². The summed E-state index contributed by atoms with van der Waals surface area (Å²) < 4.78 is 0. The van der Waals surface area contributed by atoms with Crippen LogP contribution in [0.4, 0.5) is 0 Å². The molecule has 2 atom stereocenters. The van der Waals surface area contributed by atoms with Gasteiger partial charge in [-0.2, -0.15) is 0 Å². The molecule has 13 heavy (non-hydrogen) atoms. The minimum atomic E-state index is -0.0680. The highest BCUT2D eigenvalue weighted by Crippen LogP contribution is 2.17. The largest absolute Gasteiger partial charge is 0.396 e. The molecule has 2 N–H and O–H groups in total. The summed E-state index contributed by atoms with van der Waals surface area (Å²) in [5, 5.41) is 11.6. The second-order valence-electron chi connectivity index (χ2n) is 3.62. The molecular formula is C9H18N2O2. The number of rotatable bonds is 3. The quantitative estimate of drug-likeness (QED) is 0.621. The number of nitrogens with one attached hydrogen (secondary N) is 1. The summed E-state index contributed by atoms with van der Waals surface area (Å²) in [6.07, 6.45) is 0.998. The van der Waals surface area contributed by atoms with Gasteiger partial charge in [0.1, 0.15) is 0 Å². The van der Waals surface area contributed by atoms with Gasteiger partial charge in [-0.3, -0.25) is 9.69 Å². The molecule has 0 spiro atoms. The molecule has 2 unspecified atom stereocenters. The lowest BCUT2D eigenvalue weighted by Crippen LogP contribution is -2.42. The standard InChI is InChI=1S/C9H18N2O2/c1-7(9(13)10-2)11-4-3-8(5-11)6-12/h7-8,12H,3-6H2,1-2H3,(H,10,13). The summed E-state index contributed by atoms with van der Waals surface area (Å²) >= 11 is 0. The van der Waals surface area contributed by atoms with Crippen LogP contribution in [-0.2, 0) is 4.79 Å². The van der Waals surface area contributed by atoms with E-state index in [1.807, 2.05) is 6.92 Å². The number of likely N-dealkylation sites (N-methyl/N-ethyl adjacent to an activating group) is 1. The van der Waals surface area contributed by atoms with Crippen molar-refractivity contribution >= 4 is 5.91 Å². The molecule has 1 rings (SSSR count). The normalized spacial score (nSPS) is 25.9.